The molecular weight excluding hydrogens is 403 g/mol. The fraction of sp³-hybridized carbons (Fsp3) is 0.300. The number of benzene rings is 2. The van der Waals surface area contributed by atoms with Crippen LogP contribution < -0.4 is 20.3 Å². The first-order valence-corrected chi connectivity index (χ1v) is 9.43. The van der Waals surface area contributed by atoms with Crippen molar-refractivity contribution in [1.82, 2.24) is 10.9 Å². The van der Waals surface area contributed by atoms with Gasteiger partial charge in [0.25, 0.3) is 0 Å². The predicted molar refractivity (Wildman–Crippen MR) is 109 cm³/mol. The van der Waals surface area contributed by atoms with Gasteiger partial charge in [-0.2, -0.15) is 0 Å². The monoisotopic (exact) mass is 424 g/mol. The number of nitrogens with one attached hydrogen (secondary N) is 2. The quantitative estimate of drug-likeness (QED) is 0.498. The number of hydrogen-bond donors (Lipinski definition) is 2. The summed E-state index contributed by atoms with van der Waals surface area (Å²) >= 11 is 11.8. The Balaban J connectivity index is 1.69. The van der Waals surface area contributed by atoms with E-state index in [2.05, 4.69) is 10.9 Å². The molecule has 6 nitrogen and oxygen atoms in total. The van der Waals surface area contributed by atoms with Gasteiger partial charge >= 0.3 is 0 Å². The number of ether oxygens (including phenoxy) is 2. The van der Waals surface area contributed by atoms with Gasteiger partial charge in [-0.25, -0.2) is 0 Å². The van der Waals surface area contributed by atoms with E-state index in [1.807, 2.05) is 13.0 Å². The van der Waals surface area contributed by atoms with E-state index in [0.29, 0.717) is 34.4 Å². The van der Waals surface area contributed by atoms with E-state index >= 15 is 0 Å². The van der Waals surface area contributed by atoms with E-state index < -0.39 is 0 Å². The number of methoxy groups -OCH3 is 1. The molecule has 2 amide bonds. The lowest BCUT2D eigenvalue weighted by molar-refractivity contribution is -0.128. The third kappa shape index (κ3) is 6.94. The number of carbonyl (C=O) groups excluding carboxylic acids is 2. The van der Waals surface area contributed by atoms with E-state index in [-0.39, 0.29) is 24.7 Å². The van der Waals surface area contributed by atoms with Gasteiger partial charge in [0.05, 0.1) is 20.1 Å². The lowest BCUT2D eigenvalue weighted by Gasteiger charge is -2.11. The average Bonchev–Trinajstić information content (AvgIpc) is 2.65. The highest BCUT2D eigenvalue weighted by atomic mass is 35.5. The molecule has 2 aromatic rings. The van der Waals surface area contributed by atoms with Gasteiger partial charge in [0.15, 0.2) is 0 Å². The van der Waals surface area contributed by atoms with Gasteiger partial charge in [-0.1, -0.05) is 23.2 Å². The smallest absolute Gasteiger partial charge is 0.242 e. The first-order chi connectivity index (χ1) is 13.4. The molecule has 8 heteroatoms. The molecule has 28 heavy (non-hydrogen) atoms. The molecule has 0 heterocycles. The van der Waals surface area contributed by atoms with Crippen LogP contribution in [0.5, 0.6) is 11.5 Å². The second-order valence-electron chi connectivity index (χ2n) is 6.09. The number of rotatable bonds is 8. The van der Waals surface area contributed by atoms with Crippen molar-refractivity contribution in [3.63, 3.8) is 0 Å². The van der Waals surface area contributed by atoms with Crippen LogP contribution in [0.25, 0.3) is 0 Å². The zero-order valence-electron chi connectivity index (χ0n) is 15.7. The van der Waals surface area contributed by atoms with Gasteiger partial charge in [-0.3, -0.25) is 20.4 Å². The Labute approximate surface area is 174 Å². The number of hydrogen-bond acceptors (Lipinski definition) is 4. The van der Waals surface area contributed by atoms with E-state index in [1.54, 1.807) is 30.3 Å². The van der Waals surface area contributed by atoms with Gasteiger partial charge < -0.3 is 9.47 Å². The molecule has 2 aromatic carbocycles. The first kappa shape index (κ1) is 21.9. The van der Waals surface area contributed by atoms with Crippen molar-refractivity contribution in [3.05, 3.63) is 57.6 Å². The molecule has 0 aromatic heterocycles. The average molecular weight is 425 g/mol. The van der Waals surface area contributed by atoms with E-state index in [9.17, 15) is 9.59 Å². The Bertz CT molecular complexity index is 843. The van der Waals surface area contributed by atoms with Crippen molar-refractivity contribution in [2.45, 2.75) is 26.2 Å². The summed E-state index contributed by atoms with van der Waals surface area (Å²) < 4.78 is 10.8. The molecule has 0 aliphatic carbocycles. The highest BCUT2D eigenvalue weighted by Crippen LogP contribution is 2.23. The summed E-state index contributed by atoms with van der Waals surface area (Å²) in [4.78, 5) is 23.9. The third-order valence-corrected chi connectivity index (χ3v) is 4.35. The standard InChI is InChI=1S/C20H22Cl2N2O4/c1-13-10-15(21)5-7-17(13)28-9-3-4-19(25)23-24-20(26)12-14-11-16(22)6-8-18(14)27-2/h5-8,10-11H,3-4,9,12H2,1-2H3,(H,23,25)(H,24,26). The van der Waals surface area contributed by atoms with Crippen molar-refractivity contribution >= 4 is 35.0 Å². The molecule has 0 atom stereocenters. The van der Waals surface area contributed by atoms with E-state index in [4.69, 9.17) is 32.7 Å². The summed E-state index contributed by atoms with van der Waals surface area (Å²) in [5, 5.41) is 1.15. The maximum Gasteiger partial charge on any atom is 0.242 e. The summed E-state index contributed by atoms with van der Waals surface area (Å²) in [5.74, 6) is 0.610. The molecule has 0 saturated heterocycles. The Hall–Kier alpha value is -2.44. The number of halogens is 2. The zero-order valence-corrected chi connectivity index (χ0v) is 17.2. The molecule has 150 valence electrons. The van der Waals surface area contributed by atoms with Gasteiger partial charge in [0.1, 0.15) is 11.5 Å². The molecule has 0 aliphatic heterocycles. The van der Waals surface area contributed by atoms with Crippen molar-refractivity contribution in [3.8, 4) is 11.5 Å². The number of hydrazine groups is 1. The molecule has 0 spiro atoms. The van der Waals surface area contributed by atoms with Gasteiger partial charge in [0.2, 0.25) is 11.8 Å². The van der Waals surface area contributed by atoms with Crippen molar-refractivity contribution in [2.75, 3.05) is 13.7 Å². The highest BCUT2D eigenvalue weighted by Gasteiger charge is 2.11. The van der Waals surface area contributed by atoms with Gasteiger partial charge in [0, 0.05) is 22.0 Å². The lowest BCUT2D eigenvalue weighted by Crippen LogP contribution is -2.42. The van der Waals surface area contributed by atoms with Crippen molar-refractivity contribution < 1.29 is 19.1 Å². The Morgan fingerprint density at radius 1 is 0.964 bits per heavy atom. The largest absolute Gasteiger partial charge is 0.496 e. The van der Waals surface area contributed by atoms with Gasteiger partial charge in [-0.15, -0.1) is 0 Å². The fourth-order valence-corrected chi connectivity index (χ4v) is 2.92. The van der Waals surface area contributed by atoms with Crippen LogP contribution in [-0.2, 0) is 16.0 Å². The normalized spacial score (nSPS) is 10.3. The summed E-state index contributed by atoms with van der Waals surface area (Å²) in [5.41, 5.74) is 6.33. The van der Waals surface area contributed by atoms with Gasteiger partial charge in [-0.05, 0) is 55.3 Å². The van der Waals surface area contributed by atoms with Crippen molar-refractivity contribution in [2.24, 2.45) is 0 Å². The Kier molecular flexibility index (Phi) is 8.42. The number of aryl methyl sites for hydroxylation is 1. The highest BCUT2D eigenvalue weighted by molar-refractivity contribution is 6.31. The Morgan fingerprint density at radius 2 is 1.61 bits per heavy atom. The van der Waals surface area contributed by atoms with Crippen LogP contribution in [0.4, 0.5) is 0 Å². The van der Waals surface area contributed by atoms with E-state index in [1.165, 1.54) is 7.11 Å². The topological polar surface area (TPSA) is 76.7 Å². The second kappa shape index (κ2) is 10.8. The number of amides is 2. The van der Waals surface area contributed by atoms with Crippen LogP contribution in [0.2, 0.25) is 10.0 Å². The minimum absolute atomic E-state index is 0.0307. The molecule has 0 saturated carbocycles. The SMILES string of the molecule is COc1ccc(Cl)cc1CC(=O)NNC(=O)CCCOc1ccc(Cl)cc1C. The lowest BCUT2D eigenvalue weighted by atomic mass is 10.1. The maximum absolute atomic E-state index is 12.0. The first-order valence-electron chi connectivity index (χ1n) is 8.68. The Morgan fingerprint density at radius 3 is 2.29 bits per heavy atom. The van der Waals surface area contributed by atoms with Crippen LogP contribution in [0.1, 0.15) is 24.0 Å². The second-order valence-corrected chi connectivity index (χ2v) is 6.96. The van der Waals surface area contributed by atoms with E-state index in [0.717, 1.165) is 11.3 Å². The molecule has 2 rings (SSSR count). The summed E-state index contributed by atoms with van der Waals surface area (Å²) in [7, 11) is 1.51. The summed E-state index contributed by atoms with van der Waals surface area (Å²) in [6.45, 7) is 2.28. The molecule has 0 aliphatic rings. The van der Waals surface area contributed by atoms with Crippen LogP contribution in [0.15, 0.2) is 36.4 Å². The van der Waals surface area contributed by atoms with Crippen LogP contribution >= 0.6 is 23.2 Å². The third-order valence-electron chi connectivity index (χ3n) is 3.88. The predicted octanol–water partition coefficient (Wildman–Crippen LogP) is 3.86. The molecular formula is C20H22Cl2N2O4. The molecule has 0 fully saturated rings. The molecule has 2 N–H and O–H groups in total. The van der Waals surface area contributed by atoms with Crippen LogP contribution in [0, 0.1) is 6.92 Å². The van der Waals surface area contributed by atoms with Crippen molar-refractivity contribution in [1.29, 1.82) is 0 Å². The summed E-state index contributed by atoms with van der Waals surface area (Å²) in [6.07, 6.45) is 0.752. The molecule has 0 bridgehead atoms. The fourth-order valence-electron chi connectivity index (χ4n) is 2.49. The number of carbonyl (C=O) groups is 2. The van der Waals surface area contributed by atoms with Crippen LogP contribution in [0.3, 0.4) is 0 Å². The zero-order chi connectivity index (χ0) is 20.5. The minimum Gasteiger partial charge on any atom is -0.496 e. The molecule has 0 unspecified atom stereocenters. The minimum atomic E-state index is -0.373. The maximum atomic E-state index is 12.0. The summed E-state index contributed by atoms with van der Waals surface area (Å²) in [6, 6.07) is 10.4. The van der Waals surface area contributed by atoms with Crippen LogP contribution in [-0.4, -0.2) is 25.5 Å². The molecule has 0 radical (unpaired) electrons.